The number of benzene rings is 1. The lowest BCUT2D eigenvalue weighted by Gasteiger charge is -2.21. The molecule has 0 amide bonds. The van der Waals surface area contributed by atoms with Crippen molar-refractivity contribution in [1.29, 1.82) is 0 Å². The highest BCUT2D eigenvalue weighted by atomic mass is 16.7. The van der Waals surface area contributed by atoms with Crippen LogP contribution in [0.1, 0.15) is 74.3 Å². The average Bonchev–Trinajstić information content (AvgIpc) is 2.83. The fourth-order valence-electron chi connectivity index (χ4n) is 2.95. The third kappa shape index (κ3) is 14.2. The second-order valence-corrected chi connectivity index (χ2v) is 12.2. The highest BCUT2D eigenvalue weighted by Gasteiger charge is 2.24. The molecule has 11 heteroatoms. The minimum Gasteiger partial charge on any atom is -0.480 e. The van der Waals surface area contributed by atoms with Crippen LogP contribution in [0.5, 0.6) is 11.5 Å². The standard InChI is InChI=1S/C29H45NO10/c1-10-18(2)25(33)38-19(3)15-30-21(24(31)32)13-20-11-12-22(39-26(34)36-16-28(4,5)6)23(14-20)40-27(35)37-17-29(7,8)9/h11-12,14,18-19,21,30H,10,13,15-17H2,1-9H3,(H,31,32)/t18?,19?,21-/m0/s1. The zero-order valence-corrected chi connectivity index (χ0v) is 25.1. The van der Waals surface area contributed by atoms with Gasteiger partial charge in [-0.1, -0.05) is 61.5 Å². The van der Waals surface area contributed by atoms with Gasteiger partial charge in [0.15, 0.2) is 11.5 Å². The number of hydrogen-bond donors (Lipinski definition) is 2. The van der Waals surface area contributed by atoms with E-state index in [0.29, 0.717) is 12.0 Å². The molecule has 1 rings (SSSR count). The molecule has 0 heterocycles. The normalized spacial score (nSPS) is 13.9. The van der Waals surface area contributed by atoms with Crippen LogP contribution in [0.25, 0.3) is 0 Å². The Kier molecular flexibility index (Phi) is 13.4. The number of carbonyl (C=O) groups is 4. The van der Waals surface area contributed by atoms with Crippen LogP contribution in [-0.4, -0.2) is 61.3 Å². The van der Waals surface area contributed by atoms with Gasteiger partial charge in [-0.15, -0.1) is 0 Å². The van der Waals surface area contributed by atoms with E-state index >= 15 is 0 Å². The van der Waals surface area contributed by atoms with Crippen LogP contribution in [-0.2, 0) is 30.2 Å². The van der Waals surface area contributed by atoms with Crippen LogP contribution in [0.15, 0.2) is 18.2 Å². The maximum atomic E-state index is 12.4. The van der Waals surface area contributed by atoms with Crippen LogP contribution in [0.3, 0.4) is 0 Å². The van der Waals surface area contributed by atoms with Crippen LogP contribution >= 0.6 is 0 Å². The van der Waals surface area contributed by atoms with Crippen LogP contribution in [0, 0.1) is 16.7 Å². The van der Waals surface area contributed by atoms with Gasteiger partial charge in [0.2, 0.25) is 0 Å². The molecule has 0 bridgehead atoms. The van der Waals surface area contributed by atoms with Crippen molar-refractivity contribution >= 4 is 24.2 Å². The number of carboxylic acids is 1. The van der Waals surface area contributed by atoms with E-state index in [9.17, 15) is 24.3 Å². The number of aliphatic carboxylic acids is 1. The van der Waals surface area contributed by atoms with Crippen molar-refractivity contribution in [2.24, 2.45) is 16.7 Å². The van der Waals surface area contributed by atoms with Crippen molar-refractivity contribution in [2.45, 2.75) is 87.3 Å². The second-order valence-electron chi connectivity index (χ2n) is 12.2. The Bertz CT molecular complexity index is 1010. The Morgan fingerprint density at radius 3 is 1.88 bits per heavy atom. The fraction of sp³-hybridized carbons (Fsp3) is 0.655. The van der Waals surface area contributed by atoms with E-state index in [-0.39, 0.29) is 60.4 Å². The molecule has 0 aliphatic heterocycles. The van der Waals surface area contributed by atoms with Crippen molar-refractivity contribution in [3.63, 3.8) is 0 Å². The summed E-state index contributed by atoms with van der Waals surface area (Å²) in [5.74, 6) is -1.96. The minimum atomic E-state index is -1.13. The first-order valence-electron chi connectivity index (χ1n) is 13.4. The van der Waals surface area contributed by atoms with Crippen molar-refractivity contribution in [1.82, 2.24) is 5.32 Å². The summed E-state index contributed by atoms with van der Waals surface area (Å²) in [6.07, 6.45) is -1.91. The molecular weight excluding hydrogens is 522 g/mol. The predicted molar refractivity (Wildman–Crippen MR) is 147 cm³/mol. The zero-order chi connectivity index (χ0) is 30.7. The highest BCUT2D eigenvalue weighted by Crippen LogP contribution is 2.30. The second kappa shape index (κ2) is 15.4. The maximum absolute atomic E-state index is 12.4. The molecule has 0 saturated carbocycles. The molecule has 1 aromatic rings. The number of hydrogen-bond acceptors (Lipinski definition) is 10. The molecule has 11 nitrogen and oxygen atoms in total. The largest absolute Gasteiger partial charge is 0.513 e. The molecule has 1 aromatic carbocycles. The van der Waals surface area contributed by atoms with Gasteiger partial charge in [0.25, 0.3) is 0 Å². The van der Waals surface area contributed by atoms with Gasteiger partial charge < -0.3 is 34.1 Å². The van der Waals surface area contributed by atoms with Gasteiger partial charge >= 0.3 is 24.2 Å². The smallest absolute Gasteiger partial charge is 0.480 e. The minimum absolute atomic E-state index is 0.0104. The Labute approximate surface area is 236 Å². The first-order valence-corrected chi connectivity index (χ1v) is 13.4. The molecule has 0 radical (unpaired) electrons. The van der Waals surface area contributed by atoms with E-state index in [1.807, 2.05) is 48.5 Å². The van der Waals surface area contributed by atoms with E-state index in [2.05, 4.69) is 5.32 Å². The van der Waals surface area contributed by atoms with Crippen molar-refractivity contribution < 1.29 is 48.0 Å². The van der Waals surface area contributed by atoms with Crippen LogP contribution in [0.4, 0.5) is 9.59 Å². The van der Waals surface area contributed by atoms with Crippen LogP contribution < -0.4 is 14.8 Å². The van der Waals surface area contributed by atoms with Gasteiger partial charge in [-0.25, -0.2) is 9.59 Å². The maximum Gasteiger partial charge on any atom is 0.513 e. The van der Waals surface area contributed by atoms with Crippen LogP contribution in [0.2, 0.25) is 0 Å². The Morgan fingerprint density at radius 2 is 1.40 bits per heavy atom. The summed E-state index contributed by atoms with van der Waals surface area (Å²) < 4.78 is 26.2. The molecule has 0 aromatic heterocycles. The quantitative estimate of drug-likeness (QED) is 0.180. The first-order chi connectivity index (χ1) is 18.4. The number of rotatable bonds is 13. The Morgan fingerprint density at radius 1 is 0.875 bits per heavy atom. The Hall–Kier alpha value is -3.34. The summed E-state index contributed by atoms with van der Waals surface area (Å²) in [6.45, 7) is 16.9. The summed E-state index contributed by atoms with van der Waals surface area (Å²) in [4.78, 5) is 48.6. The van der Waals surface area contributed by atoms with Gasteiger partial charge in [-0.3, -0.25) is 9.59 Å². The average molecular weight is 568 g/mol. The third-order valence-corrected chi connectivity index (χ3v) is 5.36. The lowest BCUT2D eigenvalue weighted by atomic mass is 9.99. The molecule has 0 aliphatic rings. The summed E-state index contributed by atoms with van der Waals surface area (Å²) in [5.41, 5.74) is -0.127. The first kappa shape index (κ1) is 34.7. The number of esters is 1. The summed E-state index contributed by atoms with van der Waals surface area (Å²) in [6, 6.07) is 3.28. The Balaban J connectivity index is 3.05. The van der Waals surface area contributed by atoms with Gasteiger partial charge in [0, 0.05) is 6.54 Å². The molecule has 2 N–H and O–H groups in total. The number of nitrogens with one attached hydrogen (secondary N) is 1. The van der Waals surface area contributed by atoms with E-state index in [4.69, 9.17) is 23.7 Å². The van der Waals surface area contributed by atoms with E-state index in [1.165, 1.54) is 12.1 Å². The molecule has 40 heavy (non-hydrogen) atoms. The molecule has 0 fully saturated rings. The zero-order valence-electron chi connectivity index (χ0n) is 25.1. The molecule has 2 unspecified atom stereocenters. The number of carbonyl (C=O) groups excluding carboxylic acids is 3. The predicted octanol–water partition coefficient (Wildman–Crippen LogP) is 5.37. The molecule has 0 spiro atoms. The van der Waals surface area contributed by atoms with E-state index < -0.39 is 30.4 Å². The van der Waals surface area contributed by atoms with Crippen molar-refractivity contribution in [3.8, 4) is 11.5 Å². The van der Waals surface area contributed by atoms with Gasteiger partial charge in [-0.05, 0) is 48.3 Å². The lowest BCUT2D eigenvalue weighted by molar-refractivity contribution is -0.152. The molecule has 0 saturated heterocycles. The summed E-state index contributed by atoms with van der Waals surface area (Å²) in [7, 11) is 0. The molecule has 226 valence electrons. The van der Waals surface area contributed by atoms with Crippen molar-refractivity contribution in [3.05, 3.63) is 23.8 Å². The SMILES string of the molecule is CCC(C)C(=O)OC(C)CN[C@@H](Cc1ccc(OC(=O)OCC(C)(C)C)c(OC(=O)OCC(C)(C)C)c1)C(=O)O. The fourth-order valence-corrected chi connectivity index (χ4v) is 2.95. The van der Waals surface area contributed by atoms with Gasteiger partial charge in [-0.2, -0.15) is 0 Å². The molecule has 0 aliphatic carbocycles. The summed E-state index contributed by atoms with van der Waals surface area (Å²) >= 11 is 0. The van der Waals surface area contributed by atoms with Gasteiger partial charge in [0.1, 0.15) is 12.1 Å². The molecule has 3 atom stereocenters. The monoisotopic (exact) mass is 567 g/mol. The summed E-state index contributed by atoms with van der Waals surface area (Å²) in [5, 5.41) is 12.6. The topological polar surface area (TPSA) is 147 Å². The van der Waals surface area contributed by atoms with E-state index in [0.717, 1.165) is 0 Å². The number of carboxylic acid groups (broad SMARTS) is 1. The highest BCUT2D eigenvalue weighted by molar-refractivity contribution is 5.74. The van der Waals surface area contributed by atoms with E-state index in [1.54, 1.807) is 19.9 Å². The lowest BCUT2D eigenvalue weighted by Crippen LogP contribution is -2.43. The van der Waals surface area contributed by atoms with Crippen molar-refractivity contribution in [2.75, 3.05) is 19.8 Å². The third-order valence-electron chi connectivity index (χ3n) is 5.36. The molecular formula is C29H45NO10. The van der Waals surface area contributed by atoms with Gasteiger partial charge in [0.05, 0.1) is 19.1 Å². The number of ether oxygens (including phenoxy) is 5.